The summed E-state index contributed by atoms with van der Waals surface area (Å²) in [5, 5.41) is 11.9. The molecule has 7 heteroatoms. The van der Waals surface area contributed by atoms with E-state index >= 15 is 0 Å². The molecule has 156 valence electrons. The normalized spacial score (nSPS) is 11.4. The van der Waals surface area contributed by atoms with Crippen LogP contribution in [0.1, 0.15) is 18.1 Å². The monoisotopic (exact) mass is 409 g/mol. The third kappa shape index (κ3) is 4.00. The minimum absolute atomic E-state index is 0.447. The molecule has 3 aromatic rings. The summed E-state index contributed by atoms with van der Waals surface area (Å²) in [6.07, 6.45) is 3.03. The van der Waals surface area contributed by atoms with Crippen LogP contribution in [0.2, 0.25) is 0 Å². The van der Waals surface area contributed by atoms with Crippen molar-refractivity contribution in [2.75, 3.05) is 20.8 Å². The third-order valence-electron chi connectivity index (χ3n) is 4.83. The number of rotatable bonds is 7. The highest BCUT2D eigenvalue weighted by molar-refractivity contribution is 6.02. The van der Waals surface area contributed by atoms with Crippen molar-refractivity contribution in [3.63, 3.8) is 0 Å². The van der Waals surface area contributed by atoms with E-state index in [0.29, 0.717) is 22.5 Å². The Hall–Kier alpha value is -3.74. The lowest BCUT2D eigenvalue weighted by molar-refractivity contribution is -0.137. The summed E-state index contributed by atoms with van der Waals surface area (Å²) in [5.41, 5.74) is 4.56. The predicted molar refractivity (Wildman–Crippen MR) is 114 cm³/mol. The number of aryl methyl sites for hydroxylation is 1. The summed E-state index contributed by atoms with van der Waals surface area (Å²) in [5.74, 6) is -0.297. The Bertz CT molecular complexity index is 1140. The number of allylic oxidation sites excluding steroid dienone is 1. The van der Waals surface area contributed by atoms with Gasteiger partial charge in [-0.1, -0.05) is 18.2 Å². The molecule has 0 unspecified atom stereocenters. The van der Waals surface area contributed by atoms with Gasteiger partial charge in [-0.3, -0.25) is 9.59 Å². The molecular formula is C23H23NO6. The van der Waals surface area contributed by atoms with Crippen LogP contribution in [0.3, 0.4) is 0 Å². The zero-order valence-electron chi connectivity index (χ0n) is 17.2. The summed E-state index contributed by atoms with van der Waals surface area (Å²) in [7, 11) is 3.17. The minimum atomic E-state index is -1.11. The highest BCUT2D eigenvalue weighted by Gasteiger charge is 2.20. The maximum Gasteiger partial charge on any atom is 0.322 e. The molecule has 7 nitrogen and oxygen atoms in total. The Kier molecular flexibility index (Phi) is 6.11. The number of carbonyl (C=O) groups is 2. The highest BCUT2D eigenvalue weighted by atomic mass is 16.5. The van der Waals surface area contributed by atoms with Crippen LogP contribution in [0.5, 0.6) is 11.5 Å². The molecule has 0 saturated heterocycles. The fourth-order valence-electron chi connectivity index (χ4n) is 3.44. The standard InChI is InChI=1S/C23H23NO6/c1-13(9-20(25)24-11-21(26)27)16-10-17-18(15-7-5-6-8-19(15)28-3)12-30-23(17)14(2)22(16)29-4/h5-10,12H,11H2,1-4H3,(H,24,25)(H,26,27)/b13-9+. The van der Waals surface area contributed by atoms with Crippen molar-refractivity contribution in [3.8, 4) is 22.6 Å². The first-order chi connectivity index (χ1) is 14.4. The Morgan fingerprint density at radius 1 is 1.17 bits per heavy atom. The van der Waals surface area contributed by atoms with Gasteiger partial charge < -0.3 is 24.3 Å². The molecule has 0 radical (unpaired) electrons. The van der Waals surface area contributed by atoms with E-state index in [-0.39, 0.29) is 0 Å². The van der Waals surface area contributed by atoms with Gasteiger partial charge in [0.2, 0.25) is 5.91 Å². The van der Waals surface area contributed by atoms with Gasteiger partial charge in [0, 0.05) is 33.7 Å². The van der Waals surface area contributed by atoms with Gasteiger partial charge in [0.05, 0.1) is 20.5 Å². The Morgan fingerprint density at radius 2 is 1.90 bits per heavy atom. The molecule has 0 saturated carbocycles. The van der Waals surface area contributed by atoms with Crippen LogP contribution < -0.4 is 14.8 Å². The molecule has 0 aliphatic carbocycles. The molecule has 30 heavy (non-hydrogen) atoms. The topological polar surface area (TPSA) is 98.0 Å². The number of hydrogen-bond donors (Lipinski definition) is 2. The summed E-state index contributed by atoms with van der Waals surface area (Å²) in [6.45, 7) is 3.21. The maximum atomic E-state index is 12.1. The van der Waals surface area contributed by atoms with Crippen molar-refractivity contribution >= 4 is 28.4 Å². The summed E-state index contributed by atoms with van der Waals surface area (Å²) in [6, 6.07) is 9.55. The van der Waals surface area contributed by atoms with E-state index in [1.165, 1.54) is 6.08 Å². The molecule has 2 N–H and O–H groups in total. The Balaban J connectivity index is 2.15. The van der Waals surface area contributed by atoms with E-state index in [9.17, 15) is 9.59 Å². The van der Waals surface area contributed by atoms with Crippen molar-refractivity contribution in [1.29, 1.82) is 0 Å². The molecule has 0 fully saturated rings. The molecule has 1 heterocycles. The zero-order valence-corrected chi connectivity index (χ0v) is 17.2. The Morgan fingerprint density at radius 3 is 2.57 bits per heavy atom. The van der Waals surface area contributed by atoms with Gasteiger partial charge in [-0.2, -0.15) is 0 Å². The quantitative estimate of drug-likeness (QED) is 0.572. The Labute approximate surface area is 173 Å². The maximum absolute atomic E-state index is 12.1. The van der Waals surface area contributed by atoms with Crippen molar-refractivity contribution in [1.82, 2.24) is 5.32 Å². The second kappa shape index (κ2) is 8.73. The van der Waals surface area contributed by atoms with Gasteiger partial charge in [-0.25, -0.2) is 0 Å². The molecule has 0 aliphatic heterocycles. The largest absolute Gasteiger partial charge is 0.496 e. The van der Waals surface area contributed by atoms with E-state index in [0.717, 1.165) is 27.8 Å². The number of aliphatic carboxylic acids is 1. The van der Waals surface area contributed by atoms with E-state index in [1.807, 2.05) is 37.3 Å². The minimum Gasteiger partial charge on any atom is -0.496 e. The van der Waals surface area contributed by atoms with Crippen LogP contribution in [0, 0.1) is 6.92 Å². The van der Waals surface area contributed by atoms with E-state index < -0.39 is 18.4 Å². The number of hydrogen-bond acceptors (Lipinski definition) is 5. The number of ether oxygens (including phenoxy) is 2. The van der Waals surface area contributed by atoms with Crippen LogP contribution in [-0.4, -0.2) is 37.7 Å². The van der Waals surface area contributed by atoms with Crippen molar-refractivity contribution in [3.05, 3.63) is 53.8 Å². The van der Waals surface area contributed by atoms with Gasteiger partial charge in [0.15, 0.2) is 0 Å². The number of carbonyl (C=O) groups excluding carboxylic acids is 1. The lowest BCUT2D eigenvalue weighted by Crippen LogP contribution is -2.27. The van der Waals surface area contributed by atoms with Crippen LogP contribution in [0.4, 0.5) is 0 Å². The van der Waals surface area contributed by atoms with Gasteiger partial charge in [-0.05, 0) is 31.6 Å². The molecule has 3 rings (SSSR count). The number of amides is 1. The van der Waals surface area contributed by atoms with Gasteiger partial charge in [0.25, 0.3) is 0 Å². The average Bonchev–Trinajstić information content (AvgIpc) is 3.16. The van der Waals surface area contributed by atoms with Crippen LogP contribution >= 0.6 is 0 Å². The number of carboxylic acid groups (broad SMARTS) is 1. The van der Waals surface area contributed by atoms with Gasteiger partial charge in [-0.15, -0.1) is 0 Å². The number of carboxylic acids is 1. The second-order valence-electron chi connectivity index (χ2n) is 6.75. The van der Waals surface area contributed by atoms with Gasteiger partial charge in [0.1, 0.15) is 23.6 Å². The van der Waals surface area contributed by atoms with E-state index in [1.54, 1.807) is 27.4 Å². The zero-order chi connectivity index (χ0) is 21.8. The second-order valence-corrected chi connectivity index (χ2v) is 6.75. The number of para-hydroxylation sites is 1. The molecule has 0 spiro atoms. The first-order valence-corrected chi connectivity index (χ1v) is 9.27. The molecule has 0 atom stereocenters. The van der Waals surface area contributed by atoms with Crippen molar-refractivity contribution < 1.29 is 28.6 Å². The lowest BCUT2D eigenvalue weighted by atomic mass is 9.96. The smallest absolute Gasteiger partial charge is 0.322 e. The van der Waals surface area contributed by atoms with E-state index in [4.69, 9.17) is 19.0 Å². The molecule has 2 aromatic carbocycles. The molecule has 0 bridgehead atoms. The number of furan rings is 1. The fraction of sp³-hybridized carbons (Fsp3) is 0.217. The predicted octanol–water partition coefficient (Wildman–Crippen LogP) is 4.03. The van der Waals surface area contributed by atoms with E-state index in [2.05, 4.69) is 5.32 Å². The fourth-order valence-corrected chi connectivity index (χ4v) is 3.44. The van der Waals surface area contributed by atoms with Crippen molar-refractivity contribution in [2.24, 2.45) is 0 Å². The van der Waals surface area contributed by atoms with Crippen LogP contribution in [0.15, 0.2) is 47.1 Å². The summed E-state index contributed by atoms with van der Waals surface area (Å²) < 4.78 is 16.9. The van der Waals surface area contributed by atoms with Crippen LogP contribution in [0.25, 0.3) is 27.7 Å². The van der Waals surface area contributed by atoms with Crippen molar-refractivity contribution in [2.45, 2.75) is 13.8 Å². The first kappa shape index (κ1) is 21.0. The number of methoxy groups -OCH3 is 2. The summed E-state index contributed by atoms with van der Waals surface area (Å²) in [4.78, 5) is 22.7. The third-order valence-corrected chi connectivity index (χ3v) is 4.83. The number of benzene rings is 2. The molecule has 1 aromatic heterocycles. The van der Waals surface area contributed by atoms with Gasteiger partial charge >= 0.3 is 5.97 Å². The average molecular weight is 409 g/mol. The molecule has 1 amide bonds. The summed E-state index contributed by atoms with van der Waals surface area (Å²) >= 11 is 0. The van der Waals surface area contributed by atoms with Crippen LogP contribution in [-0.2, 0) is 9.59 Å². The SMILES string of the molecule is COc1ccccc1-c1coc2c(C)c(OC)c(/C(C)=C/C(=O)NCC(=O)O)cc12. The molecule has 0 aliphatic rings. The molecular weight excluding hydrogens is 386 g/mol. The lowest BCUT2D eigenvalue weighted by Gasteiger charge is -2.14. The highest BCUT2D eigenvalue weighted by Crippen LogP contribution is 2.42. The number of nitrogens with one attached hydrogen (secondary N) is 1. The number of fused-ring (bicyclic) bond motifs is 1. The first-order valence-electron chi connectivity index (χ1n) is 9.27.